The number of Topliss-reactive ketones (excluding diaryl/α,β-unsaturated/α-hetero) is 1. The van der Waals surface area contributed by atoms with Gasteiger partial charge in [0, 0.05) is 20.1 Å². The number of allylic oxidation sites excluding steroid dienone is 2. The average molecular weight is 506 g/mol. The van der Waals surface area contributed by atoms with Crippen molar-refractivity contribution in [1.29, 1.82) is 0 Å². The molecule has 2 N–H and O–H groups in total. The molecule has 1 aliphatic rings. The summed E-state index contributed by atoms with van der Waals surface area (Å²) in [7, 11) is 0. The highest BCUT2D eigenvalue weighted by Crippen LogP contribution is 2.32. The molecule has 0 aromatic heterocycles. The Labute approximate surface area is 177 Å². The molecule has 0 unspecified atom stereocenters. The smallest absolute Gasteiger partial charge is 0.335 e. The number of carboxylic acid groups (broad SMARTS) is 2. The van der Waals surface area contributed by atoms with E-state index in [4.69, 9.17) is 10.2 Å². The Hall–Kier alpha value is -2.51. The average Bonchev–Trinajstić information content (AvgIpc) is 2.98. The predicted octanol–water partition coefficient (Wildman–Crippen LogP) is 5.44. The van der Waals surface area contributed by atoms with Gasteiger partial charge in [0.1, 0.15) is 0 Å². The van der Waals surface area contributed by atoms with E-state index in [0.717, 1.165) is 11.1 Å². The van der Waals surface area contributed by atoms with Gasteiger partial charge >= 0.3 is 11.9 Å². The fourth-order valence-electron chi connectivity index (χ4n) is 2.91. The summed E-state index contributed by atoms with van der Waals surface area (Å²) < 4.78 is 1.22. The van der Waals surface area contributed by atoms with Gasteiger partial charge in [-0.25, -0.2) is 9.59 Å². The first-order valence-corrected chi connectivity index (χ1v) is 9.86. The molecule has 0 aliphatic heterocycles. The van der Waals surface area contributed by atoms with Crippen molar-refractivity contribution in [2.75, 3.05) is 0 Å². The van der Waals surface area contributed by atoms with Crippen LogP contribution in [0.15, 0.2) is 56.5 Å². The number of rotatable bonds is 4. The number of carbonyl (C=O) groups is 3. The van der Waals surface area contributed by atoms with Gasteiger partial charge in [-0.3, -0.25) is 4.79 Å². The topological polar surface area (TPSA) is 91.7 Å². The number of halogens is 2. The van der Waals surface area contributed by atoms with Crippen molar-refractivity contribution in [3.63, 3.8) is 0 Å². The summed E-state index contributed by atoms with van der Waals surface area (Å²) in [6.07, 6.45) is 4.70. The normalized spacial score (nSPS) is 16.7. The van der Waals surface area contributed by atoms with E-state index in [9.17, 15) is 14.4 Å². The second-order valence-electron chi connectivity index (χ2n) is 6.25. The molecular formula is C21H14Br2O5. The van der Waals surface area contributed by atoms with Crippen LogP contribution in [0.5, 0.6) is 0 Å². The van der Waals surface area contributed by atoms with E-state index in [2.05, 4.69) is 31.9 Å². The minimum absolute atomic E-state index is 0.0663. The number of carbonyl (C=O) groups excluding carboxylic acids is 1. The van der Waals surface area contributed by atoms with Crippen molar-refractivity contribution in [3.05, 3.63) is 78.7 Å². The summed E-state index contributed by atoms with van der Waals surface area (Å²) in [5.41, 5.74) is 3.11. The lowest BCUT2D eigenvalue weighted by molar-refractivity contribution is -0.111. The molecule has 1 aliphatic carbocycles. The molecule has 142 valence electrons. The van der Waals surface area contributed by atoms with Crippen LogP contribution in [-0.4, -0.2) is 27.9 Å². The van der Waals surface area contributed by atoms with Gasteiger partial charge in [0.15, 0.2) is 5.78 Å². The van der Waals surface area contributed by atoms with E-state index >= 15 is 0 Å². The Kier molecular flexibility index (Phi) is 5.96. The molecule has 0 amide bonds. The van der Waals surface area contributed by atoms with E-state index in [-0.39, 0.29) is 16.9 Å². The van der Waals surface area contributed by atoms with Gasteiger partial charge in [-0.2, -0.15) is 0 Å². The van der Waals surface area contributed by atoms with Crippen LogP contribution in [0, 0.1) is 0 Å². The fourth-order valence-corrected chi connectivity index (χ4v) is 3.89. The molecule has 1 saturated carbocycles. The van der Waals surface area contributed by atoms with Crippen LogP contribution in [0.2, 0.25) is 0 Å². The molecule has 0 saturated heterocycles. The van der Waals surface area contributed by atoms with Crippen LogP contribution < -0.4 is 0 Å². The first kappa shape index (κ1) is 20.2. The minimum Gasteiger partial charge on any atom is -0.478 e. The van der Waals surface area contributed by atoms with Gasteiger partial charge in [-0.05, 0) is 60.4 Å². The molecular weight excluding hydrogens is 492 g/mol. The quantitative estimate of drug-likeness (QED) is 0.540. The highest BCUT2D eigenvalue weighted by Gasteiger charge is 2.23. The Morgan fingerprint density at radius 3 is 1.50 bits per heavy atom. The molecule has 5 nitrogen and oxygen atoms in total. The third kappa shape index (κ3) is 4.31. The molecule has 2 aromatic rings. The van der Waals surface area contributed by atoms with Crippen molar-refractivity contribution < 1.29 is 24.6 Å². The van der Waals surface area contributed by atoms with Crippen LogP contribution in [0.1, 0.15) is 44.7 Å². The van der Waals surface area contributed by atoms with Gasteiger partial charge in [-0.15, -0.1) is 0 Å². The zero-order valence-corrected chi connectivity index (χ0v) is 17.6. The van der Waals surface area contributed by atoms with Crippen LogP contribution in [0.3, 0.4) is 0 Å². The second kappa shape index (κ2) is 8.24. The second-order valence-corrected chi connectivity index (χ2v) is 7.96. The number of carboxylic acids is 2. The zero-order valence-electron chi connectivity index (χ0n) is 14.4. The van der Waals surface area contributed by atoms with E-state index in [1.165, 1.54) is 24.3 Å². The SMILES string of the molecule is O=C1C(=Cc2ccc(C(=O)O)cc2Br)CCC1=Cc1ccc(C(=O)O)cc1Br. The molecule has 3 rings (SSSR count). The molecule has 7 heteroatoms. The van der Waals surface area contributed by atoms with Gasteiger partial charge in [0.25, 0.3) is 0 Å². The van der Waals surface area contributed by atoms with E-state index in [1.807, 2.05) is 0 Å². The van der Waals surface area contributed by atoms with Gasteiger partial charge in [0.2, 0.25) is 0 Å². The lowest BCUT2D eigenvalue weighted by atomic mass is 10.0. The Balaban J connectivity index is 1.87. The maximum Gasteiger partial charge on any atom is 0.335 e. The largest absolute Gasteiger partial charge is 0.478 e. The molecule has 0 heterocycles. The number of benzene rings is 2. The van der Waals surface area contributed by atoms with Crippen LogP contribution in [0.25, 0.3) is 12.2 Å². The number of ketones is 1. The lowest BCUT2D eigenvalue weighted by Crippen LogP contribution is -1.98. The van der Waals surface area contributed by atoms with Crippen molar-refractivity contribution in [2.45, 2.75) is 12.8 Å². The Bertz CT molecular complexity index is 983. The molecule has 28 heavy (non-hydrogen) atoms. The highest BCUT2D eigenvalue weighted by molar-refractivity contribution is 9.10. The maximum absolute atomic E-state index is 12.7. The monoisotopic (exact) mass is 504 g/mol. The Morgan fingerprint density at radius 1 is 0.786 bits per heavy atom. The molecule has 0 atom stereocenters. The third-order valence-electron chi connectivity index (χ3n) is 4.40. The first-order valence-electron chi connectivity index (χ1n) is 8.28. The number of hydrogen-bond donors (Lipinski definition) is 2. The van der Waals surface area contributed by atoms with E-state index < -0.39 is 11.9 Å². The molecule has 0 bridgehead atoms. The predicted molar refractivity (Wildman–Crippen MR) is 112 cm³/mol. The van der Waals surface area contributed by atoms with E-state index in [0.29, 0.717) is 32.9 Å². The summed E-state index contributed by atoms with van der Waals surface area (Å²) in [6, 6.07) is 9.33. The lowest BCUT2D eigenvalue weighted by Gasteiger charge is -2.03. The fraction of sp³-hybridized carbons (Fsp3) is 0.0952. The van der Waals surface area contributed by atoms with Gasteiger partial charge in [0.05, 0.1) is 11.1 Å². The van der Waals surface area contributed by atoms with Gasteiger partial charge in [-0.1, -0.05) is 44.0 Å². The van der Waals surface area contributed by atoms with Crippen molar-refractivity contribution >= 4 is 61.7 Å². The molecule has 0 spiro atoms. The summed E-state index contributed by atoms with van der Waals surface area (Å²) >= 11 is 6.70. The van der Waals surface area contributed by atoms with Crippen molar-refractivity contribution in [1.82, 2.24) is 0 Å². The van der Waals surface area contributed by atoms with Crippen molar-refractivity contribution in [2.24, 2.45) is 0 Å². The Morgan fingerprint density at radius 2 is 1.18 bits per heavy atom. The maximum atomic E-state index is 12.7. The summed E-state index contributed by atoms with van der Waals surface area (Å²) in [5.74, 6) is -2.09. The van der Waals surface area contributed by atoms with Gasteiger partial charge < -0.3 is 10.2 Å². The summed E-state index contributed by atoms with van der Waals surface area (Å²) in [6.45, 7) is 0. The standard InChI is InChI=1S/C21H14Br2O5/c22-17-9-15(20(25)26)5-1-11(17)7-13-3-4-14(19(13)24)8-12-2-6-16(21(27)28)10-18(12)23/h1-2,5-10H,3-4H2,(H,25,26)(H,27,28). The van der Waals surface area contributed by atoms with Crippen LogP contribution in [0.4, 0.5) is 0 Å². The summed E-state index contributed by atoms with van der Waals surface area (Å²) in [4.78, 5) is 34.8. The van der Waals surface area contributed by atoms with Crippen LogP contribution in [-0.2, 0) is 4.79 Å². The first-order chi connectivity index (χ1) is 13.3. The molecule has 1 fully saturated rings. The van der Waals surface area contributed by atoms with Crippen LogP contribution >= 0.6 is 31.9 Å². The third-order valence-corrected chi connectivity index (χ3v) is 5.77. The zero-order chi connectivity index (χ0) is 20.4. The number of hydrogen-bond acceptors (Lipinski definition) is 3. The van der Waals surface area contributed by atoms with E-state index in [1.54, 1.807) is 24.3 Å². The molecule has 0 radical (unpaired) electrons. The van der Waals surface area contributed by atoms with Crippen molar-refractivity contribution in [3.8, 4) is 0 Å². The highest BCUT2D eigenvalue weighted by atomic mass is 79.9. The summed E-state index contributed by atoms with van der Waals surface area (Å²) in [5, 5.41) is 18.1. The molecule has 2 aromatic carbocycles. The number of aromatic carboxylic acids is 2. The minimum atomic E-state index is -1.01.